The average Bonchev–Trinajstić information content (AvgIpc) is 2.76. The Morgan fingerprint density at radius 1 is 1.64 bits per heavy atom. The van der Waals surface area contributed by atoms with E-state index >= 15 is 0 Å². The zero-order valence-electron chi connectivity index (χ0n) is 13.0. The van der Waals surface area contributed by atoms with Crippen molar-refractivity contribution >= 4 is 19.0 Å². The second-order valence-electron chi connectivity index (χ2n) is 6.34. The maximum absolute atomic E-state index is 12.4. The minimum Gasteiger partial charge on any atom is -0.508 e. The number of nitrogens with two attached hydrogens (primary N) is 2. The van der Waals surface area contributed by atoms with E-state index in [9.17, 15) is 9.59 Å². The molecule has 124 valence electrons. The molecule has 2 aliphatic rings. The van der Waals surface area contributed by atoms with Crippen molar-refractivity contribution in [1.29, 1.82) is 0 Å². The molecule has 9 heteroatoms. The molecule has 5 N–H and O–H groups in total. The van der Waals surface area contributed by atoms with Gasteiger partial charge in [0, 0.05) is 25.1 Å². The summed E-state index contributed by atoms with van der Waals surface area (Å²) in [6.45, 7) is 3.69. The maximum atomic E-state index is 12.4. The van der Waals surface area contributed by atoms with Crippen molar-refractivity contribution in [3.8, 4) is 0 Å². The van der Waals surface area contributed by atoms with Crippen LogP contribution in [0.25, 0.3) is 0 Å². The second-order valence-corrected chi connectivity index (χ2v) is 6.34. The highest BCUT2D eigenvalue weighted by molar-refractivity contribution is 6.47. The second kappa shape index (κ2) is 6.53. The number of likely N-dealkylation sites (tertiary alicyclic amines) is 1. The predicted octanol–water partition coefficient (Wildman–Crippen LogP) is -1.68. The normalized spacial score (nSPS) is 30.1. The number of carbonyl (C=O) groups is 2. The first-order chi connectivity index (χ1) is 10.3. The lowest BCUT2D eigenvalue weighted by atomic mass is 9.78. The van der Waals surface area contributed by atoms with Crippen molar-refractivity contribution in [2.24, 2.45) is 17.4 Å². The van der Waals surface area contributed by atoms with Crippen LogP contribution in [0, 0.1) is 5.92 Å². The monoisotopic (exact) mass is 313 g/mol. The van der Waals surface area contributed by atoms with E-state index in [-0.39, 0.29) is 18.6 Å². The van der Waals surface area contributed by atoms with Gasteiger partial charge in [-0.2, -0.15) is 0 Å². The molecule has 2 saturated heterocycles. The number of rotatable bonds is 4. The molecule has 3 atom stereocenters. The highest BCUT2D eigenvalue weighted by Gasteiger charge is 2.54. The lowest BCUT2D eigenvalue weighted by molar-refractivity contribution is -0.142. The molecule has 0 saturated carbocycles. The van der Waals surface area contributed by atoms with Gasteiger partial charge in [0.05, 0.1) is 6.61 Å². The smallest absolute Gasteiger partial charge is 0.508 e. The number of carbonyl (C=O) groups excluding carboxylic acids is 2. The molecule has 8 nitrogen and oxygen atoms in total. The van der Waals surface area contributed by atoms with E-state index in [4.69, 9.17) is 25.9 Å². The van der Waals surface area contributed by atoms with Crippen LogP contribution in [-0.4, -0.2) is 66.4 Å². The SMILES string of the molecule is CC(C)OB1CCC2CN(C(=O)C(N)CO)CC2(N)C(=O)O1. The van der Waals surface area contributed by atoms with Crippen LogP contribution in [0.4, 0.5) is 0 Å². The van der Waals surface area contributed by atoms with E-state index < -0.39 is 37.2 Å². The standard InChI is InChI=1S/C13H24BN3O5/c1-8(2)21-14-4-3-9-5-17(11(19)10(15)6-18)7-13(9,16)12(20)22-14/h8-10,18H,3-7,15-16H2,1-2H3. The molecule has 0 aliphatic carbocycles. The van der Waals surface area contributed by atoms with Gasteiger partial charge in [0.2, 0.25) is 5.91 Å². The molecule has 0 aromatic rings. The van der Waals surface area contributed by atoms with Gasteiger partial charge in [-0.25, -0.2) is 0 Å². The molecule has 0 bridgehead atoms. The van der Waals surface area contributed by atoms with Gasteiger partial charge in [-0.15, -0.1) is 0 Å². The topological polar surface area (TPSA) is 128 Å². The van der Waals surface area contributed by atoms with Crippen molar-refractivity contribution < 1.29 is 24.0 Å². The summed E-state index contributed by atoms with van der Waals surface area (Å²) in [6, 6.07) is -0.987. The summed E-state index contributed by atoms with van der Waals surface area (Å²) in [5.41, 5.74) is 10.6. The Hall–Kier alpha value is -1.16. The van der Waals surface area contributed by atoms with Crippen LogP contribution in [0.1, 0.15) is 20.3 Å². The fourth-order valence-corrected chi connectivity index (χ4v) is 3.02. The van der Waals surface area contributed by atoms with E-state index in [2.05, 4.69) is 0 Å². The van der Waals surface area contributed by atoms with Crippen LogP contribution in [0.5, 0.6) is 0 Å². The average molecular weight is 313 g/mol. The van der Waals surface area contributed by atoms with E-state index in [1.54, 1.807) is 0 Å². The van der Waals surface area contributed by atoms with Crippen LogP contribution < -0.4 is 11.5 Å². The molecule has 3 unspecified atom stereocenters. The molecular formula is C13H24BN3O5. The van der Waals surface area contributed by atoms with Gasteiger partial charge in [0.1, 0.15) is 11.6 Å². The molecule has 2 rings (SSSR count). The third-order valence-corrected chi connectivity index (χ3v) is 4.24. The fraction of sp³-hybridized carbons (Fsp3) is 0.846. The van der Waals surface area contributed by atoms with Crippen molar-refractivity contribution in [1.82, 2.24) is 4.90 Å². The Kier molecular flexibility index (Phi) is 5.11. The first-order valence-electron chi connectivity index (χ1n) is 7.58. The molecule has 2 heterocycles. The molecular weight excluding hydrogens is 289 g/mol. The van der Waals surface area contributed by atoms with Crippen molar-refractivity contribution in [2.75, 3.05) is 19.7 Å². The van der Waals surface area contributed by atoms with E-state index in [1.165, 1.54) is 4.90 Å². The Balaban J connectivity index is 2.08. The fourth-order valence-electron chi connectivity index (χ4n) is 3.02. The van der Waals surface area contributed by atoms with Gasteiger partial charge in [-0.3, -0.25) is 9.59 Å². The van der Waals surface area contributed by atoms with Gasteiger partial charge in [-0.05, 0) is 26.6 Å². The van der Waals surface area contributed by atoms with Crippen LogP contribution in [0.15, 0.2) is 0 Å². The Morgan fingerprint density at radius 2 is 2.32 bits per heavy atom. The predicted molar refractivity (Wildman–Crippen MR) is 79.5 cm³/mol. The highest BCUT2D eigenvalue weighted by Crippen LogP contribution is 2.34. The number of aliphatic hydroxyl groups is 1. The molecule has 0 spiro atoms. The quantitative estimate of drug-likeness (QED) is 0.529. The summed E-state index contributed by atoms with van der Waals surface area (Å²) >= 11 is 0. The summed E-state index contributed by atoms with van der Waals surface area (Å²) in [7, 11) is -0.595. The Labute approximate surface area is 130 Å². The molecule has 0 radical (unpaired) electrons. The lowest BCUT2D eigenvalue weighted by Gasteiger charge is -2.26. The minimum absolute atomic E-state index is 0.0508. The third kappa shape index (κ3) is 3.27. The lowest BCUT2D eigenvalue weighted by Crippen LogP contribution is -2.56. The Bertz CT molecular complexity index is 449. The van der Waals surface area contributed by atoms with Gasteiger partial charge in [-0.1, -0.05) is 0 Å². The summed E-state index contributed by atoms with van der Waals surface area (Å²) in [5, 5.41) is 8.99. The zero-order chi connectivity index (χ0) is 16.5. The van der Waals surface area contributed by atoms with E-state index in [1.807, 2.05) is 13.8 Å². The number of hydrogen-bond donors (Lipinski definition) is 3. The molecule has 1 amide bonds. The highest BCUT2D eigenvalue weighted by atomic mass is 16.6. The molecule has 2 aliphatic heterocycles. The number of amides is 1. The summed E-state index contributed by atoms with van der Waals surface area (Å²) in [6.07, 6.45) is 1.12. The molecule has 2 fully saturated rings. The van der Waals surface area contributed by atoms with Crippen LogP contribution in [0.3, 0.4) is 0 Å². The molecule has 0 aromatic heterocycles. The summed E-state index contributed by atoms with van der Waals surface area (Å²) in [5.74, 6) is -1.15. The number of nitrogens with zero attached hydrogens (tertiary/aromatic N) is 1. The number of fused-ring (bicyclic) bond motifs is 1. The van der Waals surface area contributed by atoms with Crippen LogP contribution in [0.2, 0.25) is 6.32 Å². The number of hydrogen-bond acceptors (Lipinski definition) is 7. The maximum Gasteiger partial charge on any atom is 0.527 e. The first kappa shape index (κ1) is 17.2. The van der Waals surface area contributed by atoms with Gasteiger partial charge in [0.15, 0.2) is 0 Å². The van der Waals surface area contributed by atoms with Gasteiger partial charge >= 0.3 is 13.1 Å². The number of aliphatic hydroxyl groups excluding tert-OH is 1. The van der Waals surface area contributed by atoms with Gasteiger partial charge < -0.3 is 30.8 Å². The summed E-state index contributed by atoms with van der Waals surface area (Å²) in [4.78, 5) is 25.9. The van der Waals surface area contributed by atoms with Crippen molar-refractivity contribution in [2.45, 2.75) is 44.3 Å². The summed E-state index contributed by atoms with van der Waals surface area (Å²) < 4.78 is 10.9. The van der Waals surface area contributed by atoms with E-state index in [0.29, 0.717) is 19.3 Å². The van der Waals surface area contributed by atoms with Crippen LogP contribution >= 0.6 is 0 Å². The van der Waals surface area contributed by atoms with Crippen LogP contribution in [-0.2, 0) is 18.9 Å². The van der Waals surface area contributed by atoms with Crippen molar-refractivity contribution in [3.05, 3.63) is 0 Å². The van der Waals surface area contributed by atoms with Gasteiger partial charge in [0.25, 0.3) is 0 Å². The molecule has 22 heavy (non-hydrogen) atoms. The van der Waals surface area contributed by atoms with Crippen molar-refractivity contribution in [3.63, 3.8) is 0 Å². The molecule has 0 aromatic carbocycles. The zero-order valence-corrected chi connectivity index (χ0v) is 13.0. The van der Waals surface area contributed by atoms with E-state index in [0.717, 1.165) is 0 Å². The largest absolute Gasteiger partial charge is 0.527 e. The third-order valence-electron chi connectivity index (χ3n) is 4.24. The first-order valence-corrected chi connectivity index (χ1v) is 7.58. The minimum atomic E-state index is -1.24. The Morgan fingerprint density at radius 3 is 2.91 bits per heavy atom.